The first-order valence-electron chi connectivity index (χ1n) is 9.32. The van der Waals surface area contributed by atoms with E-state index in [1.54, 1.807) is 24.7 Å². The first kappa shape index (κ1) is 18.4. The number of phenols is 1. The highest BCUT2D eigenvalue weighted by Gasteiger charge is 2.20. The number of ether oxygens (including phenoxy) is 1. The molecule has 1 fully saturated rings. The second kappa shape index (κ2) is 7.93. The summed E-state index contributed by atoms with van der Waals surface area (Å²) in [6, 6.07) is 4.40. The van der Waals surface area contributed by atoms with Crippen LogP contribution in [0.2, 0.25) is 0 Å². The van der Waals surface area contributed by atoms with Gasteiger partial charge in [-0.15, -0.1) is 0 Å². The standard InChI is InChI=1S/C20H22FN5O2/c21-17-7-16(5-6-18(17)27)26-10-14(8-25-26)20-19(9-23-12-24-20)28-11-13-1-3-15(22)4-2-13/h5-10,12-13,15,27H,1-4,11,22H2/t13-,15+. The summed E-state index contributed by atoms with van der Waals surface area (Å²) in [5.41, 5.74) is 7.83. The normalized spacial score (nSPS) is 19.5. The second-order valence-corrected chi connectivity index (χ2v) is 7.14. The average Bonchev–Trinajstić information content (AvgIpc) is 3.20. The summed E-state index contributed by atoms with van der Waals surface area (Å²) in [6.07, 6.45) is 10.7. The molecule has 0 atom stereocenters. The van der Waals surface area contributed by atoms with Crippen LogP contribution in [0.5, 0.6) is 11.5 Å². The van der Waals surface area contributed by atoms with E-state index in [0.29, 0.717) is 35.7 Å². The van der Waals surface area contributed by atoms with Gasteiger partial charge >= 0.3 is 0 Å². The van der Waals surface area contributed by atoms with Crippen LogP contribution in [-0.2, 0) is 0 Å². The van der Waals surface area contributed by atoms with Gasteiger partial charge in [-0.2, -0.15) is 5.10 Å². The molecule has 0 bridgehead atoms. The number of hydrogen-bond donors (Lipinski definition) is 2. The summed E-state index contributed by atoms with van der Waals surface area (Å²) < 4.78 is 21.2. The quantitative estimate of drug-likeness (QED) is 0.702. The molecule has 7 nitrogen and oxygen atoms in total. The predicted octanol–water partition coefficient (Wildman–Crippen LogP) is 3.07. The van der Waals surface area contributed by atoms with Gasteiger partial charge in [0.1, 0.15) is 12.0 Å². The third-order valence-electron chi connectivity index (χ3n) is 5.10. The van der Waals surface area contributed by atoms with Crippen molar-refractivity contribution in [1.29, 1.82) is 0 Å². The van der Waals surface area contributed by atoms with E-state index in [1.165, 1.54) is 23.1 Å². The Morgan fingerprint density at radius 3 is 2.82 bits per heavy atom. The van der Waals surface area contributed by atoms with Crippen molar-refractivity contribution in [3.8, 4) is 28.4 Å². The number of benzene rings is 1. The Kier molecular flexibility index (Phi) is 5.21. The Morgan fingerprint density at radius 1 is 1.21 bits per heavy atom. The highest BCUT2D eigenvalue weighted by Crippen LogP contribution is 2.30. The lowest BCUT2D eigenvalue weighted by Gasteiger charge is -2.26. The van der Waals surface area contributed by atoms with Crippen molar-refractivity contribution in [3.05, 3.63) is 48.9 Å². The Balaban J connectivity index is 1.52. The number of aromatic nitrogens is 4. The minimum atomic E-state index is -0.701. The summed E-state index contributed by atoms with van der Waals surface area (Å²) in [5.74, 6) is -0.0246. The van der Waals surface area contributed by atoms with E-state index >= 15 is 0 Å². The SMILES string of the molecule is N[C@H]1CC[C@@H](COc2cncnc2-c2cnn(-c3ccc(O)c(F)c3)c2)CC1. The van der Waals surface area contributed by atoms with Crippen LogP contribution in [0, 0.1) is 11.7 Å². The Bertz CT molecular complexity index is 953. The molecule has 0 saturated heterocycles. The van der Waals surface area contributed by atoms with Gasteiger partial charge < -0.3 is 15.6 Å². The van der Waals surface area contributed by atoms with Crippen LogP contribution in [-0.4, -0.2) is 37.5 Å². The van der Waals surface area contributed by atoms with Gasteiger partial charge in [0.25, 0.3) is 0 Å². The largest absolute Gasteiger partial charge is 0.505 e. The van der Waals surface area contributed by atoms with Crippen molar-refractivity contribution in [2.24, 2.45) is 11.7 Å². The maximum atomic E-state index is 13.6. The summed E-state index contributed by atoms with van der Waals surface area (Å²) in [5, 5.41) is 13.6. The number of aromatic hydroxyl groups is 1. The highest BCUT2D eigenvalue weighted by atomic mass is 19.1. The zero-order valence-corrected chi connectivity index (χ0v) is 15.3. The van der Waals surface area contributed by atoms with Crippen molar-refractivity contribution in [3.63, 3.8) is 0 Å². The van der Waals surface area contributed by atoms with Gasteiger partial charge in [0, 0.05) is 23.9 Å². The van der Waals surface area contributed by atoms with Crippen molar-refractivity contribution in [1.82, 2.24) is 19.7 Å². The first-order valence-corrected chi connectivity index (χ1v) is 9.32. The maximum absolute atomic E-state index is 13.6. The molecule has 3 aromatic rings. The Labute approximate surface area is 162 Å². The number of nitrogens with two attached hydrogens (primary N) is 1. The van der Waals surface area contributed by atoms with Gasteiger partial charge in [0.15, 0.2) is 17.3 Å². The van der Waals surface area contributed by atoms with Crippen LogP contribution in [0.4, 0.5) is 4.39 Å². The topological polar surface area (TPSA) is 99.1 Å². The molecular weight excluding hydrogens is 361 g/mol. The molecule has 2 heterocycles. The highest BCUT2D eigenvalue weighted by molar-refractivity contribution is 5.64. The number of rotatable bonds is 5. The van der Waals surface area contributed by atoms with Crippen LogP contribution in [0.25, 0.3) is 16.9 Å². The van der Waals surface area contributed by atoms with Crippen LogP contribution in [0.15, 0.2) is 43.1 Å². The third-order valence-corrected chi connectivity index (χ3v) is 5.10. The molecule has 8 heteroatoms. The van der Waals surface area contributed by atoms with Gasteiger partial charge in [-0.05, 0) is 43.7 Å². The van der Waals surface area contributed by atoms with E-state index in [4.69, 9.17) is 10.5 Å². The van der Waals surface area contributed by atoms with Crippen LogP contribution < -0.4 is 10.5 Å². The van der Waals surface area contributed by atoms with Gasteiger partial charge in [0.2, 0.25) is 0 Å². The lowest BCUT2D eigenvalue weighted by Crippen LogP contribution is -2.28. The van der Waals surface area contributed by atoms with Crippen molar-refractivity contribution in [2.75, 3.05) is 6.61 Å². The molecule has 1 aliphatic carbocycles. The summed E-state index contributed by atoms with van der Waals surface area (Å²) in [6.45, 7) is 0.602. The maximum Gasteiger partial charge on any atom is 0.166 e. The fraction of sp³-hybridized carbons (Fsp3) is 0.350. The molecular formula is C20H22FN5O2. The number of hydrogen-bond acceptors (Lipinski definition) is 6. The number of phenolic OH excluding ortho intramolecular Hbond substituents is 1. The van der Waals surface area contributed by atoms with E-state index in [9.17, 15) is 9.50 Å². The minimum Gasteiger partial charge on any atom is -0.505 e. The molecule has 0 unspecified atom stereocenters. The van der Waals surface area contributed by atoms with E-state index in [2.05, 4.69) is 15.1 Å². The van der Waals surface area contributed by atoms with Gasteiger partial charge in [-0.3, -0.25) is 0 Å². The fourth-order valence-electron chi connectivity index (χ4n) is 3.43. The Hall–Kier alpha value is -3.00. The zero-order valence-electron chi connectivity index (χ0n) is 15.3. The number of nitrogens with zero attached hydrogens (tertiary/aromatic N) is 4. The van der Waals surface area contributed by atoms with Gasteiger partial charge in [-0.1, -0.05) is 0 Å². The van der Waals surface area contributed by atoms with E-state index in [-0.39, 0.29) is 0 Å². The van der Waals surface area contributed by atoms with E-state index in [0.717, 1.165) is 31.2 Å². The van der Waals surface area contributed by atoms with Crippen molar-refractivity contribution in [2.45, 2.75) is 31.7 Å². The second-order valence-electron chi connectivity index (χ2n) is 7.14. The fourth-order valence-corrected chi connectivity index (χ4v) is 3.43. The molecule has 1 aliphatic rings. The monoisotopic (exact) mass is 383 g/mol. The average molecular weight is 383 g/mol. The third kappa shape index (κ3) is 3.96. The molecule has 146 valence electrons. The summed E-state index contributed by atoms with van der Waals surface area (Å²) >= 11 is 0. The summed E-state index contributed by atoms with van der Waals surface area (Å²) in [4.78, 5) is 8.41. The minimum absolute atomic E-state index is 0.308. The predicted molar refractivity (Wildman–Crippen MR) is 102 cm³/mol. The molecule has 28 heavy (non-hydrogen) atoms. The first-order chi connectivity index (χ1) is 13.6. The van der Waals surface area contributed by atoms with E-state index < -0.39 is 11.6 Å². The van der Waals surface area contributed by atoms with Crippen LogP contribution in [0.3, 0.4) is 0 Å². The molecule has 2 aromatic heterocycles. The summed E-state index contributed by atoms with van der Waals surface area (Å²) in [7, 11) is 0. The van der Waals surface area contributed by atoms with Crippen molar-refractivity contribution < 1.29 is 14.2 Å². The molecule has 1 aromatic carbocycles. The number of halogens is 1. The molecule has 0 radical (unpaired) electrons. The lowest BCUT2D eigenvalue weighted by molar-refractivity contribution is 0.200. The van der Waals surface area contributed by atoms with Crippen molar-refractivity contribution >= 4 is 0 Å². The smallest absolute Gasteiger partial charge is 0.166 e. The molecule has 0 spiro atoms. The van der Waals surface area contributed by atoms with Gasteiger partial charge in [-0.25, -0.2) is 19.0 Å². The van der Waals surface area contributed by atoms with E-state index in [1.807, 2.05) is 0 Å². The molecule has 0 aliphatic heterocycles. The zero-order chi connectivity index (χ0) is 19.5. The van der Waals surface area contributed by atoms with Gasteiger partial charge in [0.05, 0.1) is 24.7 Å². The van der Waals surface area contributed by atoms with Crippen LogP contribution >= 0.6 is 0 Å². The molecule has 3 N–H and O–H groups in total. The Morgan fingerprint density at radius 2 is 2.04 bits per heavy atom. The lowest BCUT2D eigenvalue weighted by atomic mass is 9.87. The molecule has 1 saturated carbocycles. The van der Waals surface area contributed by atoms with Crippen LogP contribution in [0.1, 0.15) is 25.7 Å². The molecule has 4 rings (SSSR count). The molecule has 0 amide bonds.